The second-order valence-electron chi connectivity index (χ2n) is 2.99. The Morgan fingerprint density at radius 2 is 2.08 bits per heavy atom. The number of nitro groups is 1. The molecule has 0 bridgehead atoms. The molecular formula is C7H15N3O2. The third-order valence-corrected chi connectivity index (χ3v) is 1.15. The van der Waals surface area contributed by atoms with E-state index in [4.69, 9.17) is 0 Å². The van der Waals surface area contributed by atoms with Crippen LogP contribution in [0.25, 0.3) is 0 Å². The molecule has 0 aromatic rings. The summed E-state index contributed by atoms with van der Waals surface area (Å²) in [6.07, 6.45) is 0.958. The van der Waals surface area contributed by atoms with Crippen LogP contribution < -0.4 is 5.32 Å². The van der Waals surface area contributed by atoms with Crippen molar-refractivity contribution in [1.29, 1.82) is 0 Å². The molecule has 0 unspecified atom stereocenters. The van der Waals surface area contributed by atoms with E-state index in [9.17, 15) is 10.1 Å². The molecule has 0 heterocycles. The molecule has 0 aliphatic rings. The van der Waals surface area contributed by atoms with E-state index in [1.54, 1.807) is 19.0 Å². The van der Waals surface area contributed by atoms with Crippen molar-refractivity contribution in [2.24, 2.45) is 0 Å². The van der Waals surface area contributed by atoms with Gasteiger partial charge in [-0.05, 0) is 13.8 Å². The lowest BCUT2D eigenvalue weighted by Crippen LogP contribution is -2.31. The number of hydrogen-bond acceptors (Lipinski definition) is 4. The van der Waals surface area contributed by atoms with Crippen LogP contribution in [-0.4, -0.2) is 30.0 Å². The van der Waals surface area contributed by atoms with Gasteiger partial charge in [-0.3, -0.25) is 10.1 Å². The van der Waals surface area contributed by atoms with Crippen LogP contribution in [-0.2, 0) is 0 Å². The van der Waals surface area contributed by atoms with Gasteiger partial charge in [0.2, 0.25) is 0 Å². The molecule has 0 saturated carbocycles. The van der Waals surface area contributed by atoms with Crippen molar-refractivity contribution in [2.75, 3.05) is 14.1 Å². The lowest BCUT2D eigenvalue weighted by atomic mass is 10.4. The summed E-state index contributed by atoms with van der Waals surface area (Å²) in [5.74, 6) is 0.509. The normalized spacial score (nSPS) is 11.6. The monoisotopic (exact) mass is 173 g/mol. The predicted octanol–water partition coefficient (Wildman–Crippen LogP) is 0.622. The van der Waals surface area contributed by atoms with Crippen molar-refractivity contribution >= 4 is 0 Å². The van der Waals surface area contributed by atoms with Gasteiger partial charge in [-0.25, -0.2) is 0 Å². The zero-order valence-corrected chi connectivity index (χ0v) is 7.87. The zero-order chi connectivity index (χ0) is 9.72. The Labute approximate surface area is 72.2 Å². The molecule has 0 saturated heterocycles. The second-order valence-corrected chi connectivity index (χ2v) is 2.99. The minimum absolute atomic E-state index is 0.193. The highest BCUT2D eigenvalue weighted by Crippen LogP contribution is 1.95. The molecule has 70 valence electrons. The van der Waals surface area contributed by atoms with Crippen LogP contribution >= 0.6 is 0 Å². The minimum atomic E-state index is -0.468. The molecule has 0 aromatic carbocycles. The zero-order valence-electron chi connectivity index (χ0n) is 7.87. The maximum absolute atomic E-state index is 10.2. The molecule has 0 amide bonds. The number of hydrogen-bond donors (Lipinski definition) is 1. The van der Waals surface area contributed by atoms with Gasteiger partial charge in [0.25, 0.3) is 6.20 Å². The van der Waals surface area contributed by atoms with Gasteiger partial charge in [0, 0.05) is 20.1 Å². The van der Waals surface area contributed by atoms with E-state index in [-0.39, 0.29) is 6.04 Å². The average Bonchev–Trinajstić information content (AvgIpc) is 1.83. The van der Waals surface area contributed by atoms with E-state index in [2.05, 4.69) is 5.32 Å². The van der Waals surface area contributed by atoms with Crippen LogP contribution in [0.2, 0.25) is 0 Å². The SMILES string of the molecule is CC(C)N/C(=C/[N+](=O)[O-])N(C)C. The molecule has 5 heteroatoms. The summed E-state index contributed by atoms with van der Waals surface area (Å²) < 4.78 is 0. The van der Waals surface area contributed by atoms with E-state index >= 15 is 0 Å². The topological polar surface area (TPSA) is 58.4 Å². The highest BCUT2D eigenvalue weighted by Gasteiger charge is 2.05. The van der Waals surface area contributed by atoms with Gasteiger partial charge in [0.1, 0.15) is 0 Å². The Morgan fingerprint density at radius 3 is 2.33 bits per heavy atom. The van der Waals surface area contributed by atoms with Crippen molar-refractivity contribution in [3.63, 3.8) is 0 Å². The van der Waals surface area contributed by atoms with Crippen molar-refractivity contribution in [1.82, 2.24) is 10.2 Å². The van der Waals surface area contributed by atoms with Gasteiger partial charge >= 0.3 is 0 Å². The first-order chi connectivity index (χ1) is 5.43. The maximum atomic E-state index is 10.2. The predicted molar refractivity (Wildman–Crippen MR) is 47.0 cm³/mol. The van der Waals surface area contributed by atoms with Crippen LogP contribution in [0.3, 0.4) is 0 Å². The fraction of sp³-hybridized carbons (Fsp3) is 0.714. The molecule has 0 fully saturated rings. The van der Waals surface area contributed by atoms with Gasteiger partial charge < -0.3 is 10.2 Å². The molecule has 0 radical (unpaired) electrons. The number of nitrogens with zero attached hydrogens (tertiary/aromatic N) is 2. The van der Waals surface area contributed by atoms with Crippen molar-refractivity contribution in [2.45, 2.75) is 19.9 Å². The summed E-state index contributed by atoms with van der Waals surface area (Å²) in [4.78, 5) is 11.4. The minimum Gasteiger partial charge on any atom is -0.364 e. The van der Waals surface area contributed by atoms with Gasteiger partial charge in [-0.1, -0.05) is 0 Å². The van der Waals surface area contributed by atoms with E-state index in [1.165, 1.54) is 0 Å². The third kappa shape index (κ3) is 4.54. The van der Waals surface area contributed by atoms with Crippen LogP contribution in [0.4, 0.5) is 0 Å². The largest absolute Gasteiger partial charge is 0.364 e. The molecule has 0 atom stereocenters. The van der Waals surface area contributed by atoms with Gasteiger partial charge in [-0.15, -0.1) is 0 Å². The Kier molecular flexibility index (Phi) is 4.10. The highest BCUT2D eigenvalue weighted by atomic mass is 16.6. The molecule has 12 heavy (non-hydrogen) atoms. The van der Waals surface area contributed by atoms with Gasteiger partial charge in [0.15, 0.2) is 5.82 Å². The lowest BCUT2D eigenvalue weighted by molar-refractivity contribution is -0.404. The van der Waals surface area contributed by atoms with Crippen LogP contribution in [0.15, 0.2) is 12.0 Å². The molecule has 1 N–H and O–H groups in total. The standard InChI is InChI=1S/C7H15N3O2/c1-6(2)8-7(9(3)4)5-10(11)12/h5-6,8H,1-4H3/b7-5-. The molecule has 0 spiro atoms. The first-order valence-electron chi connectivity index (χ1n) is 3.72. The summed E-state index contributed by atoms with van der Waals surface area (Å²) in [6, 6.07) is 0.193. The molecule has 0 aromatic heterocycles. The summed E-state index contributed by atoms with van der Waals surface area (Å²) in [6.45, 7) is 3.86. The smallest absolute Gasteiger partial charge is 0.274 e. The van der Waals surface area contributed by atoms with E-state index < -0.39 is 4.92 Å². The molecular weight excluding hydrogens is 158 g/mol. The Balaban J connectivity index is 4.33. The Morgan fingerprint density at radius 1 is 1.58 bits per heavy atom. The molecule has 0 aliphatic heterocycles. The van der Waals surface area contributed by atoms with Crippen molar-refractivity contribution < 1.29 is 4.92 Å². The first kappa shape index (κ1) is 10.7. The van der Waals surface area contributed by atoms with Crippen LogP contribution in [0, 0.1) is 10.1 Å². The van der Waals surface area contributed by atoms with Crippen LogP contribution in [0.5, 0.6) is 0 Å². The first-order valence-corrected chi connectivity index (χ1v) is 3.72. The van der Waals surface area contributed by atoms with Crippen molar-refractivity contribution in [3.8, 4) is 0 Å². The fourth-order valence-corrected chi connectivity index (χ4v) is 0.677. The molecule has 0 aliphatic carbocycles. The summed E-state index contributed by atoms with van der Waals surface area (Å²) in [7, 11) is 3.51. The molecule has 5 nitrogen and oxygen atoms in total. The fourth-order valence-electron chi connectivity index (χ4n) is 0.677. The van der Waals surface area contributed by atoms with Crippen LogP contribution in [0.1, 0.15) is 13.8 Å². The molecule has 0 rings (SSSR count). The van der Waals surface area contributed by atoms with Crippen molar-refractivity contribution in [3.05, 3.63) is 22.1 Å². The van der Waals surface area contributed by atoms with E-state index in [0.717, 1.165) is 6.20 Å². The van der Waals surface area contributed by atoms with E-state index in [0.29, 0.717) is 5.82 Å². The Hall–Kier alpha value is -1.26. The number of nitrogens with one attached hydrogen (secondary N) is 1. The quantitative estimate of drug-likeness (QED) is 0.500. The van der Waals surface area contributed by atoms with E-state index in [1.807, 2.05) is 13.8 Å². The summed E-state index contributed by atoms with van der Waals surface area (Å²) >= 11 is 0. The second kappa shape index (κ2) is 4.58. The average molecular weight is 173 g/mol. The summed E-state index contributed by atoms with van der Waals surface area (Å²) in [5.41, 5.74) is 0. The maximum Gasteiger partial charge on any atom is 0.274 e. The Bertz CT molecular complexity index is 187. The highest BCUT2D eigenvalue weighted by molar-refractivity contribution is 4.92. The lowest BCUT2D eigenvalue weighted by Gasteiger charge is -2.18. The number of rotatable bonds is 4. The third-order valence-electron chi connectivity index (χ3n) is 1.15. The summed E-state index contributed by atoms with van der Waals surface area (Å²) in [5, 5.41) is 13.1. The van der Waals surface area contributed by atoms with Gasteiger partial charge in [0.05, 0.1) is 4.92 Å². The van der Waals surface area contributed by atoms with Gasteiger partial charge in [-0.2, -0.15) is 0 Å².